The molecule has 2 unspecified atom stereocenters. The van der Waals surface area contributed by atoms with Crippen LogP contribution in [-0.2, 0) is 11.3 Å². The van der Waals surface area contributed by atoms with Crippen LogP contribution in [0.4, 0.5) is 0 Å². The molecule has 1 aromatic rings. The van der Waals surface area contributed by atoms with Gasteiger partial charge in [-0.15, -0.1) is 0 Å². The maximum atomic E-state index is 11.3. The minimum atomic E-state index is -0.651. The second-order valence-electron chi connectivity index (χ2n) is 5.58. The summed E-state index contributed by atoms with van der Waals surface area (Å²) in [5, 5.41) is 12.7. The Morgan fingerprint density at radius 3 is 2.90 bits per heavy atom. The second kappa shape index (κ2) is 7.80. The fourth-order valence-electron chi connectivity index (χ4n) is 3.05. The van der Waals surface area contributed by atoms with Crippen molar-refractivity contribution < 1.29 is 14.6 Å². The molecule has 0 radical (unpaired) electrons. The monoisotopic (exact) mass is 355 g/mol. The van der Waals surface area contributed by atoms with E-state index < -0.39 is 5.97 Å². The molecule has 116 valence electrons. The van der Waals surface area contributed by atoms with Gasteiger partial charge < -0.3 is 15.2 Å². The van der Waals surface area contributed by atoms with Gasteiger partial charge in [-0.2, -0.15) is 0 Å². The Balaban J connectivity index is 1.91. The maximum absolute atomic E-state index is 11.3. The minimum Gasteiger partial charge on any atom is -0.496 e. The number of carboxylic acid groups (broad SMARTS) is 1. The van der Waals surface area contributed by atoms with Crippen molar-refractivity contribution in [3.63, 3.8) is 0 Å². The first kappa shape index (κ1) is 16.3. The van der Waals surface area contributed by atoms with Crippen LogP contribution in [0.15, 0.2) is 22.7 Å². The van der Waals surface area contributed by atoms with Crippen molar-refractivity contribution >= 4 is 21.9 Å². The number of methoxy groups -OCH3 is 1. The van der Waals surface area contributed by atoms with Gasteiger partial charge >= 0.3 is 5.97 Å². The lowest BCUT2D eigenvalue weighted by Gasteiger charge is -2.28. The molecule has 0 amide bonds. The molecule has 1 aromatic carbocycles. The van der Waals surface area contributed by atoms with Gasteiger partial charge in [-0.1, -0.05) is 28.8 Å². The summed E-state index contributed by atoms with van der Waals surface area (Å²) < 4.78 is 6.36. The van der Waals surface area contributed by atoms with Crippen LogP contribution in [-0.4, -0.2) is 24.7 Å². The topological polar surface area (TPSA) is 58.6 Å². The highest BCUT2D eigenvalue weighted by Crippen LogP contribution is 2.30. The molecule has 1 saturated carbocycles. The van der Waals surface area contributed by atoms with Gasteiger partial charge in [0.05, 0.1) is 13.0 Å². The van der Waals surface area contributed by atoms with E-state index in [1.165, 1.54) is 0 Å². The molecule has 0 bridgehead atoms. The molecule has 0 saturated heterocycles. The lowest BCUT2D eigenvalue weighted by Crippen LogP contribution is -2.34. The van der Waals surface area contributed by atoms with E-state index in [-0.39, 0.29) is 11.8 Å². The van der Waals surface area contributed by atoms with E-state index >= 15 is 0 Å². The number of carboxylic acids is 1. The number of hydrogen-bond acceptors (Lipinski definition) is 3. The summed E-state index contributed by atoms with van der Waals surface area (Å²) in [6.07, 6.45) is 3.98. The largest absolute Gasteiger partial charge is 0.496 e. The normalized spacial score (nSPS) is 22.0. The molecule has 0 aliphatic heterocycles. The van der Waals surface area contributed by atoms with Crippen LogP contribution < -0.4 is 10.1 Å². The van der Waals surface area contributed by atoms with E-state index in [0.29, 0.717) is 6.54 Å². The third kappa shape index (κ3) is 4.45. The third-order valence-electron chi connectivity index (χ3n) is 4.19. The number of nitrogens with one attached hydrogen (secondary N) is 1. The van der Waals surface area contributed by atoms with Crippen molar-refractivity contribution in [1.82, 2.24) is 5.32 Å². The summed E-state index contributed by atoms with van der Waals surface area (Å²) >= 11 is 3.46. The molecule has 0 spiro atoms. The number of benzene rings is 1. The number of halogens is 1. The average molecular weight is 356 g/mol. The second-order valence-corrected chi connectivity index (χ2v) is 6.49. The van der Waals surface area contributed by atoms with Crippen molar-refractivity contribution in [3.8, 4) is 5.75 Å². The van der Waals surface area contributed by atoms with E-state index in [4.69, 9.17) is 4.74 Å². The highest BCUT2D eigenvalue weighted by molar-refractivity contribution is 9.10. The van der Waals surface area contributed by atoms with Crippen molar-refractivity contribution in [2.24, 2.45) is 11.8 Å². The molecule has 2 N–H and O–H groups in total. The van der Waals surface area contributed by atoms with Gasteiger partial charge in [-0.05, 0) is 43.5 Å². The van der Waals surface area contributed by atoms with E-state index in [2.05, 4.69) is 21.2 Å². The molecule has 2 atom stereocenters. The van der Waals surface area contributed by atoms with Crippen LogP contribution in [0.3, 0.4) is 0 Å². The summed E-state index contributed by atoms with van der Waals surface area (Å²) in [4.78, 5) is 11.3. The Hall–Kier alpha value is -1.07. The molecule has 1 aliphatic rings. The molecule has 4 nitrogen and oxygen atoms in total. The number of hydrogen-bond donors (Lipinski definition) is 2. The zero-order valence-electron chi connectivity index (χ0n) is 12.3. The quantitative estimate of drug-likeness (QED) is 0.820. The first-order chi connectivity index (χ1) is 10.1. The molecular formula is C16H22BrNO3. The van der Waals surface area contributed by atoms with Gasteiger partial charge in [0.2, 0.25) is 0 Å². The smallest absolute Gasteiger partial charge is 0.306 e. The predicted molar refractivity (Wildman–Crippen MR) is 85.5 cm³/mol. The summed E-state index contributed by atoms with van der Waals surface area (Å²) in [5.41, 5.74) is 1.08. The van der Waals surface area contributed by atoms with Crippen molar-refractivity contribution in [3.05, 3.63) is 28.2 Å². The molecule has 0 aromatic heterocycles. The van der Waals surface area contributed by atoms with Crippen LogP contribution in [0.1, 0.15) is 31.2 Å². The number of aliphatic carboxylic acids is 1. The maximum Gasteiger partial charge on any atom is 0.306 e. The van der Waals surface area contributed by atoms with Gasteiger partial charge in [0, 0.05) is 16.6 Å². The standard InChI is InChI=1S/C16H22BrNO3/c1-21-15-7-6-13(17)8-12(15)10-18-9-11-4-2-3-5-14(11)16(19)20/h6-8,11,14,18H,2-5,9-10H2,1H3,(H,19,20). The summed E-state index contributed by atoms with van der Waals surface area (Å²) in [7, 11) is 1.66. The first-order valence-corrected chi connectivity index (χ1v) is 8.17. The van der Waals surface area contributed by atoms with Crippen LogP contribution in [0, 0.1) is 11.8 Å². The Bertz CT molecular complexity index is 492. The van der Waals surface area contributed by atoms with E-state index in [0.717, 1.165) is 48.0 Å². The van der Waals surface area contributed by atoms with Crippen LogP contribution in [0.2, 0.25) is 0 Å². The Morgan fingerprint density at radius 2 is 2.19 bits per heavy atom. The zero-order chi connectivity index (χ0) is 15.2. The SMILES string of the molecule is COc1ccc(Br)cc1CNCC1CCCCC1C(=O)O. The highest BCUT2D eigenvalue weighted by Gasteiger charge is 2.30. The molecule has 1 aliphatic carbocycles. The molecular weight excluding hydrogens is 334 g/mol. The van der Waals surface area contributed by atoms with Crippen LogP contribution in [0.25, 0.3) is 0 Å². The molecule has 21 heavy (non-hydrogen) atoms. The fourth-order valence-corrected chi connectivity index (χ4v) is 3.46. The van der Waals surface area contributed by atoms with Gasteiger partial charge in [-0.3, -0.25) is 4.79 Å². The average Bonchev–Trinajstić information content (AvgIpc) is 2.48. The van der Waals surface area contributed by atoms with Crippen molar-refractivity contribution in [2.75, 3.05) is 13.7 Å². The Kier molecular flexibility index (Phi) is 6.06. The van der Waals surface area contributed by atoms with Crippen LogP contribution >= 0.6 is 15.9 Å². The molecule has 5 heteroatoms. The predicted octanol–water partition coefficient (Wildman–Crippen LogP) is 3.44. The number of rotatable bonds is 6. The van der Waals surface area contributed by atoms with Crippen molar-refractivity contribution in [2.45, 2.75) is 32.2 Å². The number of ether oxygens (including phenoxy) is 1. The molecule has 0 heterocycles. The minimum absolute atomic E-state index is 0.198. The molecule has 2 rings (SSSR count). The lowest BCUT2D eigenvalue weighted by atomic mass is 9.79. The van der Waals surface area contributed by atoms with Gasteiger partial charge in [0.1, 0.15) is 5.75 Å². The van der Waals surface area contributed by atoms with Gasteiger partial charge in [0.15, 0.2) is 0 Å². The highest BCUT2D eigenvalue weighted by atomic mass is 79.9. The summed E-state index contributed by atoms with van der Waals surface area (Å²) in [6, 6.07) is 5.91. The summed E-state index contributed by atoms with van der Waals surface area (Å²) in [6.45, 7) is 1.43. The molecule has 1 fully saturated rings. The van der Waals surface area contributed by atoms with E-state index in [1.54, 1.807) is 7.11 Å². The summed E-state index contributed by atoms with van der Waals surface area (Å²) in [5.74, 6) is 0.232. The van der Waals surface area contributed by atoms with Crippen LogP contribution in [0.5, 0.6) is 5.75 Å². The van der Waals surface area contributed by atoms with Gasteiger partial charge in [-0.25, -0.2) is 0 Å². The Morgan fingerprint density at radius 1 is 1.43 bits per heavy atom. The zero-order valence-corrected chi connectivity index (χ0v) is 13.9. The van der Waals surface area contributed by atoms with E-state index in [9.17, 15) is 9.90 Å². The fraction of sp³-hybridized carbons (Fsp3) is 0.562. The number of carbonyl (C=O) groups is 1. The van der Waals surface area contributed by atoms with Crippen molar-refractivity contribution in [1.29, 1.82) is 0 Å². The first-order valence-electron chi connectivity index (χ1n) is 7.37. The van der Waals surface area contributed by atoms with Gasteiger partial charge in [0.25, 0.3) is 0 Å². The Labute approximate surface area is 134 Å². The van der Waals surface area contributed by atoms with E-state index in [1.807, 2.05) is 18.2 Å². The third-order valence-corrected chi connectivity index (χ3v) is 4.68. The lowest BCUT2D eigenvalue weighted by molar-refractivity contribution is -0.144.